The van der Waals surface area contributed by atoms with Crippen molar-refractivity contribution in [1.29, 1.82) is 0 Å². The third-order valence-electron chi connectivity index (χ3n) is 3.35. The second-order valence-electron chi connectivity index (χ2n) is 5.30. The Hall–Kier alpha value is -1.07. The predicted molar refractivity (Wildman–Crippen MR) is 78.1 cm³/mol. The Bertz CT molecular complexity index is 507. The van der Waals surface area contributed by atoms with Crippen LogP contribution in [0.25, 0.3) is 0 Å². The second-order valence-corrected chi connectivity index (χ2v) is 7.31. The van der Waals surface area contributed by atoms with Crippen molar-refractivity contribution in [2.24, 2.45) is 5.92 Å². The summed E-state index contributed by atoms with van der Waals surface area (Å²) in [5.74, 6) is 0.692. The minimum Gasteiger partial charge on any atom is -0.399 e. The van der Waals surface area contributed by atoms with Crippen molar-refractivity contribution >= 4 is 15.7 Å². The smallest absolute Gasteiger partial charge is 0.214 e. The van der Waals surface area contributed by atoms with Gasteiger partial charge in [0, 0.05) is 18.8 Å². The second kappa shape index (κ2) is 5.92. The summed E-state index contributed by atoms with van der Waals surface area (Å²) < 4.78 is 26.3. The van der Waals surface area contributed by atoms with Gasteiger partial charge in [-0.05, 0) is 42.9 Å². The molecule has 1 fully saturated rings. The molecule has 0 spiro atoms. The van der Waals surface area contributed by atoms with E-state index in [0.29, 0.717) is 30.4 Å². The molecule has 0 aromatic heterocycles. The van der Waals surface area contributed by atoms with E-state index >= 15 is 0 Å². The van der Waals surface area contributed by atoms with Crippen LogP contribution in [0.3, 0.4) is 0 Å². The van der Waals surface area contributed by atoms with Gasteiger partial charge in [-0.2, -0.15) is 4.31 Å². The third-order valence-corrected chi connectivity index (χ3v) is 5.34. The Morgan fingerprint density at radius 1 is 1.26 bits per heavy atom. The van der Waals surface area contributed by atoms with Crippen LogP contribution in [0.4, 0.5) is 5.69 Å². The lowest BCUT2D eigenvalue weighted by atomic mass is 10.2. The van der Waals surface area contributed by atoms with Crippen molar-refractivity contribution < 1.29 is 8.42 Å². The monoisotopic (exact) mass is 282 g/mol. The van der Waals surface area contributed by atoms with E-state index in [2.05, 4.69) is 0 Å². The molecule has 2 N–H and O–H groups in total. The van der Waals surface area contributed by atoms with Crippen molar-refractivity contribution in [2.75, 3.05) is 18.0 Å². The molecule has 1 saturated carbocycles. The normalized spacial score (nSPS) is 15.9. The zero-order valence-electron chi connectivity index (χ0n) is 11.4. The highest BCUT2D eigenvalue weighted by Crippen LogP contribution is 2.31. The van der Waals surface area contributed by atoms with Crippen molar-refractivity contribution in [2.45, 2.75) is 32.7 Å². The molecule has 1 aliphatic carbocycles. The van der Waals surface area contributed by atoms with E-state index in [4.69, 9.17) is 5.73 Å². The lowest BCUT2D eigenvalue weighted by molar-refractivity contribution is 0.404. The molecule has 0 atom stereocenters. The van der Waals surface area contributed by atoms with Crippen LogP contribution < -0.4 is 5.73 Å². The zero-order valence-corrected chi connectivity index (χ0v) is 12.2. The Morgan fingerprint density at radius 2 is 1.89 bits per heavy atom. The van der Waals surface area contributed by atoms with Gasteiger partial charge < -0.3 is 5.73 Å². The molecule has 5 heteroatoms. The summed E-state index contributed by atoms with van der Waals surface area (Å²) in [5, 5.41) is 0. The van der Waals surface area contributed by atoms with Crippen LogP contribution in [0.15, 0.2) is 24.3 Å². The molecule has 0 amide bonds. The van der Waals surface area contributed by atoms with Crippen LogP contribution in [0.5, 0.6) is 0 Å². The quantitative estimate of drug-likeness (QED) is 0.780. The van der Waals surface area contributed by atoms with Crippen LogP contribution in [0.1, 0.15) is 31.7 Å². The lowest BCUT2D eigenvalue weighted by Gasteiger charge is -2.21. The van der Waals surface area contributed by atoms with Gasteiger partial charge in [0.1, 0.15) is 0 Å². The first-order valence-electron chi connectivity index (χ1n) is 6.83. The van der Waals surface area contributed by atoms with Gasteiger partial charge in [-0.15, -0.1) is 0 Å². The highest BCUT2D eigenvalue weighted by Gasteiger charge is 2.31. The Labute approximate surface area is 115 Å². The fourth-order valence-corrected chi connectivity index (χ4v) is 4.03. The average molecular weight is 282 g/mol. The van der Waals surface area contributed by atoms with Gasteiger partial charge >= 0.3 is 0 Å². The number of nitrogens with two attached hydrogens (primary N) is 1. The minimum atomic E-state index is -3.13. The van der Waals surface area contributed by atoms with Gasteiger partial charge in [0.15, 0.2) is 0 Å². The first kappa shape index (κ1) is 14.3. The van der Waals surface area contributed by atoms with E-state index < -0.39 is 10.0 Å². The molecule has 1 aromatic carbocycles. The van der Waals surface area contributed by atoms with E-state index in [1.54, 1.807) is 4.31 Å². The minimum absolute atomic E-state index is 0.308. The summed E-state index contributed by atoms with van der Waals surface area (Å²) in [6, 6.07) is 7.41. The van der Waals surface area contributed by atoms with Gasteiger partial charge in [0.05, 0.1) is 5.75 Å². The van der Waals surface area contributed by atoms with Crippen molar-refractivity contribution in [3.05, 3.63) is 29.8 Å². The number of sulfonamides is 1. The van der Waals surface area contributed by atoms with E-state index in [0.717, 1.165) is 24.8 Å². The summed E-state index contributed by atoms with van der Waals surface area (Å²) in [5.41, 5.74) is 7.33. The fraction of sp³-hybridized carbons (Fsp3) is 0.571. The molecule has 19 heavy (non-hydrogen) atoms. The lowest BCUT2D eigenvalue weighted by Crippen LogP contribution is -2.33. The molecule has 0 aliphatic heterocycles. The van der Waals surface area contributed by atoms with Crippen molar-refractivity contribution in [3.8, 4) is 0 Å². The highest BCUT2D eigenvalue weighted by molar-refractivity contribution is 7.89. The number of benzene rings is 1. The number of rotatable bonds is 7. The van der Waals surface area contributed by atoms with Crippen LogP contribution in [-0.2, 0) is 16.6 Å². The number of nitrogens with zero attached hydrogens (tertiary/aromatic N) is 1. The van der Waals surface area contributed by atoms with E-state index in [1.165, 1.54) is 0 Å². The topological polar surface area (TPSA) is 63.4 Å². The molecule has 4 nitrogen and oxygen atoms in total. The standard InChI is InChI=1S/C14H22N2O2S/c1-2-9-16(19(17,18)11-13-3-4-13)10-12-5-7-14(15)8-6-12/h5-8,13H,2-4,9-11,15H2,1H3. The molecular formula is C14H22N2O2S. The molecule has 2 rings (SSSR count). The van der Waals surface area contributed by atoms with Crippen molar-refractivity contribution in [1.82, 2.24) is 4.31 Å². The zero-order chi connectivity index (χ0) is 13.9. The SMILES string of the molecule is CCCN(Cc1ccc(N)cc1)S(=O)(=O)CC1CC1. The summed E-state index contributed by atoms with van der Waals surface area (Å²) >= 11 is 0. The number of hydrogen-bond acceptors (Lipinski definition) is 3. The van der Waals surface area contributed by atoms with E-state index in [-0.39, 0.29) is 0 Å². The largest absolute Gasteiger partial charge is 0.399 e. The molecule has 0 bridgehead atoms. The molecular weight excluding hydrogens is 260 g/mol. The van der Waals surface area contributed by atoms with Crippen LogP contribution in [-0.4, -0.2) is 25.0 Å². The Balaban J connectivity index is 2.08. The van der Waals surface area contributed by atoms with Gasteiger partial charge in [0.2, 0.25) is 10.0 Å². The number of hydrogen-bond donors (Lipinski definition) is 1. The third kappa shape index (κ3) is 4.21. The summed E-state index contributed by atoms with van der Waals surface area (Å²) in [4.78, 5) is 0. The summed E-state index contributed by atoms with van der Waals surface area (Å²) in [6.07, 6.45) is 2.95. The highest BCUT2D eigenvalue weighted by atomic mass is 32.2. The van der Waals surface area contributed by atoms with E-state index in [1.807, 2.05) is 31.2 Å². The molecule has 106 valence electrons. The Kier molecular flexibility index (Phi) is 4.47. The maximum Gasteiger partial charge on any atom is 0.214 e. The average Bonchev–Trinajstić information content (AvgIpc) is 3.14. The molecule has 0 heterocycles. The maximum atomic E-state index is 12.3. The first-order valence-corrected chi connectivity index (χ1v) is 8.44. The van der Waals surface area contributed by atoms with Gasteiger partial charge in [0.25, 0.3) is 0 Å². The molecule has 0 unspecified atom stereocenters. The number of nitrogen functional groups attached to an aromatic ring is 1. The fourth-order valence-electron chi connectivity index (χ4n) is 2.08. The van der Waals surface area contributed by atoms with E-state index in [9.17, 15) is 8.42 Å². The molecule has 1 aliphatic rings. The maximum absolute atomic E-state index is 12.3. The van der Waals surface area contributed by atoms with Gasteiger partial charge in [-0.25, -0.2) is 8.42 Å². The first-order chi connectivity index (χ1) is 9.01. The van der Waals surface area contributed by atoms with Crippen molar-refractivity contribution in [3.63, 3.8) is 0 Å². The molecule has 1 aromatic rings. The summed E-state index contributed by atoms with van der Waals surface area (Å²) in [7, 11) is -3.13. The number of anilines is 1. The summed E-state index contributed by atoms with van der Waals surface area (Å²) in [6.45, 7) is 3.03. The van der Waals surface area contributed by atoms with Crippen LogP contribution in [0, 0.1) is 5.92 Å². The van der Waals surface area contributed by atoms with Crippen LogP contribution in [0.2, 0.25) is 0 Å². The van der Waals surface area contributed by atoms with Gasteiger partial charge in [-0.3, -0.25) is 0 Å². The molecule has 0 saturated heterocycles. The Morgan fingerprint density at radius 3 is 2.42 bits per heavy atom. The van der Waals surface area contributed by atoms with Gasteiger partial charge in [-0.1, -0.05) is 19.1 Å². The molecule has 0 radical (unpaired) electrons. The predicted octanol–water partition coefficient (Wildman–Crippen LogP) is 2.22. The van der Waals surface area contributed by atoms with Crippen LogP contribution >= 0.6 is 0 Å².